The van der Waals surface area contributed by atoms with Gasteiger partial charge in [-0.3, -0.25) is 0 Å². The summed E-state index contributed by atoms with van der Waals surface area (Å²) in [5.74, 6) is 0.625. The third-order valence-electron chi connectivity index (χ3n) is 4.09. The first kappa shape index (κ1) is 14.5. The number of benzene rings is 1. The van der Waals surface area contributed by atoms with Crippen molar-refractivity contribution in [2.75, 3.05) is 13.1 Å². The SMILES string of the molecule is Cc1ccc(S(=O)(=O)N2CCCC(C)CC2)cc1C. The van der Waals surface area contributed by atoms with Gasteiger partial charge in [-0.05, 0) is 62.3 Å². The van der Waals surface area contributed by atoms with Gasteiger partial charge in [0, 0.05) is 13.1 Å². The van der Waals surface area contributed by atoms with Gasteiger partial charge in [0.05, 0.1) is 4.90 Å². The monoisotopic (exact) mass is 281 g/mol. The molecule has 0 radical (unpaired) electrons. The van der Waals surface area contributed by atoms with Crippen LogP contribution in [0.2, 0.25) is 0 Å². The first-order valence-corrected chi connectivity index (χ1v) is 8.42. The Kier molecular flexibility index (Phi) is 4.31. The molecule has 1 aromatic carbocycles. The van der Waals surface area contributed by atoms with E-state index in [1.807, 2.05) is 19.9 Å². The standard InChI is InChI=1S/C15H23NO2S/c1-12-5-4-9-16(10-8-12)19(17,18)15-7-6-13(2)14(3)11-15/h6-7,11-12H,4-5,8-10H2,1-3H3. The number of hydrogen-bond donors (Lipinski definition) is 0. The molecule has 1 aromatic rings. The van der Waals surface area contributed by atoms with Crippen molar-refractivity contribution in [3.63, 3.8) is 0 Å². The lowest BCUT2D eigenvalue weighted by Crippen LogP contribution is -2.32. The minimum absolute atomic E-state index is 0.435. The fourth-order valence-corrected chi connectivity index (χ4v) is 4.08. The molecule has 0 aliphatic carbocycles. The van der Waals surface area contributed by atoms with Gasteiger partial charge in [-0.25, -0.2) is 8.42 Å². The zero-order chi connectivity index (χ0) is 14.0. The zero-order valence-electron chi connectivity index (χ0n) is 12.0. The molecule has 1 atom stereocenters. The Morgan fingerprint density at radius 2 is 1.84 bits per heavy atom. The summed E-state index contributed by atoms with van der Waals surface area (Å²) in [6.45, 7) is 7.46. The zero-order valence-corrected chi connectivity index (χ0v) is 12.8. The normalized spacial score (nSPS) is 22.2. The Hall–Kier alpha value is -0.870. The van der Waals surface area contributed by atoms with Gasteiger partial charge in [-0.2, -0.15) is 4.31 Å². The van der Waals surface area contributed by atoms with Crippen molar-refractivity contribution >= 4 is 10.0 Å². The summed E-state index contributed by atoms with van der Waals surface area (Å²) in [6, 6.07) is 5.41. The molecular weight excluding hydrogens is 258 g/mol. The summed E-state index contributed by atoms with van der Waals surface area (Å²) in [5, 5.41) is 0. The van der Waals surface area contributed by atoms with Crippen LogP contribution in [0.1, 0.15) is 37.3 Å². The van der Waals surface area contributed by atoms with E-state index in [1.165, 1.54) is 0 Å². The molecule has 106 valence electrons. The molecule has 1 aliphatic heterocycles. The van der Waals surface area contributed by atoms with Crippen LogP contribution in [0.15, 0.2) is 23.1 Å². The van der Waals surface area contributed by atoms with E-state index in [4.69, 9.17) is 0 Å². The maximum absolute atomic E-state index is 12.6. The van der Waals surface area contributed by atoms with Crippen molar-refractivity contribution in [3.05, 3.63) is 29.3 Å². The second kappa shape index (κ2) is 5.63. The van der Waals surface area contributed by atoms with Crippen LogP contribution in [0.4, 0.5) is 0 Å². The molecule has 0 bridgehead atoms. The van der Waals surface area contributed by atoms with Crippen LogP contribution in [-0.4, -0.2) is 25.8 Å². The van der Waals surface area contributed by atoms with Gasteiger partial charge in [0.15, 0.2) is 0 Å². The molecule has 1 fully saturated rings. The number of hydrogen-bond acceptors (Lipinski definition) is 2. The van der Waals surface area contributed by atoms with Crippen molar-refractivity contribution in [1.29, 1.82) is 0 Å². The molecule has 1 unspecified atom stereocenters. The number of nitrogens with zero attached hydrogens (tertiary/aromatic N) is 1. The van der Waals surface area contributed by atoms with Gasteiger partial charge in [0.1, 0.15) is 0 Å². The van der Waals surface area contributed by atoms with E-state index < -0.39 is 10.0 Å². The molecule has 0 saturated carbocycles. The maximum atomic E-state index is 12.6. The average molecular weight is 281 g/mol. The van der Waals surface area contributed by atoms with Crippen LogP contribution in [0.3, 0.4) is 0 Å². The number of aryl methyl sites for hydroxylation is 2. The van der Waals surface area contributed by atoms with Gasteiger partial charge >= 0.3 is 0 Å². The lowest BCUT2D eigenvalue weighted by molar-refractivity contribution is 0.416. The second-order valence-electron chi connectivity index (χ2n) is 5.69. The van der Waals surface area contributed by atoms with Crippen LogP contribution in [0.5, 0.6) is 0 Å². The van der Waals surface area contributed by atoms with Crippen molar-refractivity contribution in [1.82, 2.24) is 4.31 Å². The van der Waals surface area contributed by atoms with E-state index in [1.54, 1.807) is 16.4 Å². The second-order valence-corrected chi connectivity index (χ2v) is 7.62. The highest BCUT2D eigenvalue weighted by Crippen LogP contribution is 2.24. The van der Waals surface area contributed by atoms with Crippen molar-refractivity contribution in [2.24, 2.45) is 5.92 Å². The van der Waals surface area contributed by atoms with Gasteiger partial charge in [0.2, 0.25) is 10.0 Å². The van der Waals surface area contributed by atoms with Gasteiger partial charge < -0.3 is 0 Å². The van der Waals surface area contributed by atoms with Crippen molar-refractivity contribution in [2.45, 2.75) is 44.9 Å². The predicted octanol–water partition coefficient (Wildman–Crippen LogP) is 3.11. The molecule has 19 heavy (non-hydrogen) atoms. The molecule has 1 heterocycles. The minimum atomic E-state index is -3.31. The molecule has 0 spiro atoms. The molecule has 0 aromatic heterocycles. The summed E-state index contributed by atoms with van der Waals surface area (Å²) >= 11 is 0. The fourth-order valence-electron chi connectivity index (χ4n) is 2.50. The summed E-state index contributed by atoms with van der Waals surface area (Å²) in [6.07, 6.45) is 3.05. The first-order chi connectivity index (χ1) is 8.91. The maximum Gasteiger partial charge on any atom is 0.243 e. The van der Waals surface area contributed by atoms with Crippen LogP contribution >= 0.6 is 0 Å². The lowest BCUT2D eigenvalue weighted by Gasteiger charge is -2.20. The van der Waals surface area contributed by atoms with Crippen molar-refractivity contribution < 1.29 is 8.42 Å². The van der Waals surface area contributed by atoms with Gasteiger partial charge in [-0.15, -0.1) is 0 Å². The van der Waals surface area contributed by atoms with Crippen LogP contribution in [0.25, 0.3) is 0 Å². The summed E-state index contributed by atoms with van der Waals surface area (Å²) in [7, 11) is -3.31. The lowest BCUT2D eigenvalue weighted by atomic mass is 10.0. The molecule has 2 rings (SSSR count). The Labute approximate surface area is 116 Å². The predicted molar refractivity (Wildman–Crippen MR) is 77.7 cm³/mol. The molecule has 4 heteroatoms. The quantitative estimate of drug-likeness (QED) is 0.835. The summed E-state index contributed by atoms with van der Waals surface area (Å²) in [5.41, 5.74) is 2.16. The summed E-state index contributed by atoms with van der Waals surface area (Å²) in [4.78, 5) is 0.435. The van der Waals surface area contributed by atoms with Gasteiger partial charge in [-0.1, -0.05) is 13.0 Å². The Balaban J connectivity index is 2.28. The molecule has 3 nitrogen and oxygen atoms in total. The number of rotatable bonds is 2. The van der Waals surface area contributed by atoms with Gasteiger partial charge in [0.25, 0.3) is 0 Å². The third-order valence-corrected chi connectivity index (χ3v) is 5.99. The molecule has 1 aliphatic rings. The highest BCUT2D eigenvalue weighted by molar-refractivity contribution is 7.89. The van der Waals surface area contributed by atoms with E-state index in [0.29, 0.717) is 23.9 Å². The smallest absolute Gasteiger partial charge is 0.207 e. The van der Waals surface area contributed by atoms with Crippen molar-refractivity contribution in [3.8, 4) is 0 Å². The van der Waals surface area contributed by atoms with E-state index in [2.05, 4.69) is 6.92 Å². The molecule has 0 N–H and O–H groups in total. The van der Waals surface area contributed by atoms with E-state index >= 15 is 0 Å². The Morgan fingerprint density at radius 3 is 2.53 bits per heavy atom. The largest absolute Gasteiger partial charge is 0.243 e. The van der Waals surface area contributed by atoms with E-state index in [0.717, 1.165) is 30.4 Å². The third kappa shape index (κ3) is 3.18. The first-order valence-electron chi connectivity index (χ1n) is 6.98. The van der Waals surface area contributed by atoms with Crippen LogP contribution < -0.4 is 0 Å². The highest BCUT2D eigenvalue weighted by atomic mass is 32.2. The topological polar surface area (TPSA) is 37.4 Å². The molecule has 1 saturated heterocycles. The Bertz CT molecular complexity index is 551. The van der Waals surface area contributed by atoms with Crippen LogP contribution in [-0.2, 0) is 10.0 Å². The van der Waals surface area contributed by atoms with Crippen LogP contribution in [0, 0.1) is 19.8 Å². The highest BCUT2D eigenvalue weighted by Gasteiger charge is 2.26. The average Bonchev–Trinajstić information content (AvgIpc) is 2.57. The fraction of sp³-hybridized carbons (Fsp3) is 0.600. The molecule has 0 amide bonds. The van der Waals surface area contributed by atoms with E-state index in [9.17, 15) is 8.42 Å². The molecular formula is C15H23NO2S. The van der Waals surface area contributed by atoms with E-state index in [-0.39, 0.29) is 0 Å². The Morgan fingerprint density at radius 1 is 1.11 bits per heavy atom. The number of sulfonamides is 1. The minimum Gasteiger partial charge on any atom is -0.207 e. The summed E-state index contributed by atoms with van der Waals surface area (Å²) < 4.78 is 26.9.